The Morgan fingerprint density at radius 1 is 1.50 bits per heavy atom. The number of pyridine rings is 1. The normalized spacial score (nSPS) is 10.3. The van der Waals surface area contributed by atoms with E-state index in [0.717, 1.165) is 11.3 Å². The van der Waals surface area contributed by atoms with Crippen LogP contribution in [0.15, 0.2) is 35.1 Å². The van der Waals surface area contributed by atoms with Crippen LogP contribution in [0.2, 0.25) is 0 Å². The molecule has 2 rings (SSSR count). The van der Waals surface area contributed by atoms with Gasteiger partial charge in [0.1, 0.15) is 17.1 Å². The zero-order chi connectivity index (χ0) is 13.1. The van der Waals surface area contributed by atoms with Crippen LogP contribution in [0.4, 0.5) is 5.82 Å². The van der Waals surface area contributed by atoms with E-state index in [9.17, 15) is 4.79 Å². The number of aromatic carboxylic acids is 1. The maximum Gasteiger partial charge on any atom is 0.339 e. The van der Waals surface area contributed by atoms with Crippen LogP contribution < -0.4 is 4.90 Å². The summed E-state index contributed by atoms with van der Waals surface area (Å²) in [7, 11) is 1.81. The molecule has 2 heterocycles. The van der Waals surface area contributed by atoms with Gasteiger partial charge < -0.3 is 14.4 Å². The van der Waals surface area contributed by atoms with Crippen molar-refractivity contribution in [2.45, 2.75) is 13.5 Å². The van der Waals surface area contributed by atoms with Crippen molar-refractivity contribution in [3.05, 3.63) is 47.5 Å². The van der Waals surface area contributed by atoms with Crippen LogP contribution in [0, 0.1) is 6.92 Å². The molecule has 94 valence electrons. The van der Waals surface area contributed by atoms with Crippen molar-refractivity contribution in [2.75, 3.05) is 11.9 Å². The number of carboxylic acids is 1. The van der Waals surface area contributed by atoms with E-state index < -0.39 is 5.97 Å². The van der Waals surface area contributed by atoms with Gasteiger partial charge in [-0.1, -0.05) is 0 Å². The molecule has 0 aliphatic heterocycles. The highest BCUT2D eigenvalue weighted by Crippen LogP contribution is 2.19. The molecule has 0 atom stereocenters. The Labute approximate surface area is 105 Å². The molecule has 0 saturated heterocycles. The first kappa shape index (κ1) is 12.2. The lowest BCUT2D eigenvalue weighted by Gasteiger charge is -2.19. The summed E-state index contributed by atoms with van der Waals surface area (Å²) in [4.78, 5) is 17.0. The third-order valence-electron chi connectivity index (χ3n) is 2.75. The molecule has 0 amide bonds. The van der Waals surface area contributed by atoms with Gasteiger partial charge in [0.05, 0.1) is 6.26 Å². The minimum Gasteiger partial charge on any atom is -0.478 e. The predicted molar refractivity (Wildman–Crippen MR) is 66.7 cm³/mol. The van der Waals surface area contributed by atoms with Crippen molar-refractivity contribution >= 4 is 11.8 Å². The second kappa shape index (κ2) is 4.91. The Bertz CT molecular complexity index is 563. The second-order valence-corrected chi connectivity index (χ2v) is 4.04. The summed E-state index contributed by atoms with van der Waals surface area (Å²) in [5.74, 6) is 0.300. The van der Waals surface area contributed by atoms with Crippen LogP contribution in [-0.4, -0.2) is 23.1 Å². The van der Waals surface area contributed by atoms with E-state index in [0.29, 0.717) is 12.4 Å². The van der Waals surface area contributed by atoms with Crippen LogP contribution in [0.25, 0.3) is 0 Å². The van der Waals surface area contributed by atoms with Gasteiger partial charge in [-0.2, -0.15) is 0 Å². The fourth-order valence-electron chi connectivity index (χ4n) is 1.77. The average Bonchev–Trinajstić information content (AvgIpc) is 2.75. The Hall–Kier alpha value is -2.30. The summed E-state index contributed by atoms with van der Waals surface area (Å²) in [5.41, 5.74) is 1.21. The highest BCUT2D eigenvalue weighted by Gasteiger charge is 2.15. The molecule has 0 aliphatic carbocycles. The molecule has 0 fully saturated rings. The van der Waals surface area contributed by atoms with Crippen molar-refractivity contribution in [2.24, 2.45) is 0 Å². The van der Waals surface area contributed by atoms with Crippen molar-refractivity contribution in [3.63, 3.8) is 0 Å². The Morgan fingerprint density at radius 3 is 2.89 bits per heavy atom. The molecule has 0 unspecified atom stereocenters. The number of aryl methyl sites for hydroxylation is 1. The van der Waals surface area contributed by atoms with E-state index in [2.05, 4.69) is 4.98 Å². The van der Waals surface area contributed by atoms with Gasteiger partial charge in [-0.15, -0.1) is 0 Å². The molecule has 0 aliphatic rings. The quantitative estimate of drug-likeness (QED) is 0.896. The summed E-state index contributed by atoms with van der Waals surface area (Å²) in [6.07, 6.45) is 3.20. The molecule has 2 aromatic rings. The number of aromatic nitrogens is 1. The van der Waals surface area contributed by atoms with Crippen molar-refractivity contribution < 1.29 is 14.3 Å². The summed E-state index contributed by atoms with van der Waals surface area (Å²) in [5, 5.41) is 9.11. The van der Waals surface area contributed by atoms with Gasteiger partial charge in [-0.05, 0) is 25.1 Å². The Kier molecular flexibility index (Phi) is 3.32. The lowest BCUT2D eigenvalue weighted by Crippen LogP contribution is -2.20. The van der Waals surface area contributed by atoms with E-state index in [1.54, 1.807) is 36.5 Å². The fourth-order valence-corrected chi connectivity index (χ4v) is 1.77. The minimum atomic E-state index is -0.978. The molecule has 1 N–H and O–H groups in total. The number of carbonyl (C=O) groups is 1. The average molecular weight is 246 g/mol. The molecule has 0 saturated carbocycles. The number of anilines is 1. The van der Waals surface area contributed by atoms with Crippen molar-refractivity contribution in [3.8, 4) is 0 Å². The number of carboxylic acid groups (broad SMARTS) is 1. The Balaban J connectivity index is 2.26. The van der Waals surface area contributed by atoms with E-state index in [1.807, 2.05) is 13.0 Å². The van der Waals surface area contributed by atoms with Gasteiger partial charge in [-0.3, -0.25) is 0 Å². The largest absolute Gasteiger partial charge is 0.478 e. The van der Waals surface area contributed by atoms with Crippen molar-refractivity contribution in [1.29, 1.82) is 0 Å². The standard InChI is InChI=1S/C13H14N2O3/c1-9-10(5-7-18-9)8-15(2)12-11(13(16)17)4-3-6-14-12/h3-7H,8H2,1-2H3,(H,16,17). The van der Waals surface area contributed by atoms with Crippen LogP contribution >= 0.6 is 0 Å². The number of furan rings is 1. The highest BCUT2D eigenvalue weighted by atomic mass is 16.4. The number of hydrogen-bond donors (Lipinski definition) is 1. The monoisotopic (exact) mass is 246 g/mol. The van der Waals surface area contributed by atoms with Crippen LogP contribution in [0.3, 0.4) is 0 Å². The SMILES string of the molecule is Cc1occc1CN(C)c1ncccc1C(=O)O. The molecule has 18 heavy (non-hydrogen) atoms. The van der Waals surface area contributed by atoms with Crippen LogP contribution in [0.5, 0.6) is 0 Å². The molecule has 2 aromatic heterocycles. The van der Waals surface area contributed by atoms with E-state index in [1.165, 1.54) is 0 Å². The molecule has 0 aromatic carbocycles. The van der Waals surface area contributed by atoms with Gasteiger partial charge in [0.2, 0.25) is 0 Å². The molecular weight excluding hydrogens is 232 g/mol. The summed E-state index contributed by atoms with van der Waals surface area (Å²) in [6.45, 7) is 2.43. The molecule has 5 heteroatoms. The molecule has 0 bridgehead atoms. The maximum atomic E-state index is 11.1. The van der Waals surface area contributed by atoms with Gasteiger partial charge in [0, 0.05) is 25.4 Å². The number of rotatable bonds is 4. The number of hydrogen-bond acceptors (Lipinski definition) is 4. The lowest BCUT2D eigenvalue weighted by molar-refractivity contribution is 0.0697. The van der Waals surface area contributed by atoms with Gasteiger partial charge >= 0.3 is 5.97 Å². The zero-order valence-corrected chi connectivity index (χ0v) is 10.3. The first-order valence-electron chi connectivity index (χ1n) is 5.52. The predicted octanol–water partition coefficient (Wildman–Crippen LogP) is 2.32. The third-order valence-corrected chi connectivity index (χ3v) is 2.75. The molecular formula is C13H14N2O3. The summed E-state index contributed by atoms with van der Waals surface area (Å²) >= 11 is 0. The third kappa shape index (κ3) is 2.34. The maximum absolute atomic E-state index is 11.1. The van der Waals surface area contributed by atoms with Crippen molar-refractivity contribution in [1.82, 2.24) is 4.98 Å². The topological polar surface area (TPSA) is 66.6 Å². The smallest absolute Gasteiger partial charge is 0.339 e. The second-order valence-electron chi connectivity index (χ2n) is 4.04. The first-order chi connectivity index (χ1) is 8.59. The van der Waals surface area contributed by atoms with Gasteiger partial charge in [0.15, 0.2) is 0 Å². The minimum absolute atomic E-state index is 0.196. The summed E-state index contributed by atoms with van der Waals surface area (Å²) in [6, 6.07) is 5.03. The van der Waals surface area contributed by atoms with E-state index in [4.69, 9.17) is 9.52 Å². The zero-order valence-electron chi connectivity index (χ0n) is 10.3. The fraction of sp³-hybridized carbons (Fsp3) is 0.231. The molecule has 0 spiro atoms. The number of nitrogens with zero attached hydrogens (tertiary/aromatic N) is 2. The molecule has 5 nitrogen and oxygen atoms in total. The van der Waals surface area contributed by atoms with Gasteiger partial charge in [0.25, 0.3) is 0 Å². The van der Waals surface area contributed by atoms with Crippen LogP contribution in [0.1, 0.15) is 21.7 Å². The highest BCUT2D eigenvalue weighted by molar-refractivity contribution is 5.93. The Morgan fingerprint density at radius 2 is 2.28 bits per heavy atom. The summed E-state index contributed by atoms with van der Waals surface area (Å²) < 4.78 is 5.22. The van der Waals surface area contributed by atoms with Crippen LogP contribution in [-0.2, 0) is 6.54 Å². The van der Waals surface area contributed by atoms with Gasteiger partial charge in [-0.25, -0.2) is 9.78 Å². The first-order valence-corrected chi connectivity index (χ1v) is 5.52. The molecule has 0 radical (unpaired) electrons. The van der Waals surface area contributed by atoms with E-state index >= 15 is 0 Å². The van der Waals surface area contributed by atoms with E-state index in [-0.39, 0.29) is 5.56 Å². The lowest BCUT2D eigenvalue weighted by atomic mass is 10.2.